The van der Waals surface area contributed by atoms with Gasteiger partial charge in [0, 0.05) is 36.5 Å². The molecule has 2 atom stereocenters. The van der Waals surface area contributed by atoms with E-state index < -0.39 is 0 Å². The summed E-state index contributed by atoms with van der Waals surface area (Å²) in [5.74, 6) is 1.19. The largest absolute Gasteiger partial charge is 0.329 e. The maximum absolute atomic E-state index is 6.20. The first kappa shape index (κ1) is 17.3. The van der Waals surface area contributed by atoms with E-state index in [2.05, 4.69) is 43.9 Å². The van der Waals surface area contributed by atoms with Gasteiger partial charge in [0.05, 0.1) is 0 Å². The average molecular weight is 288 g/mol. The summed E-state index contributed by atoms with van der Waals surface area (Å²) >= 11 is 1.93. The number of hydrogen-bond donors (Lipinski definition) is 1. The number of hydrogen-bond acceptors (Lipinski definition) is 4. The van der Waals surface area contributed by atoms with Crippen LogP contribution in [0.1, 0.15) is 40.0 Å². The minimum absolute atomic E-state index is 0.207. The number of nitrogens with zero attached hydrogens (tertiary/aromatic N) is 2. The third-order valence-corrected chi connectivity index (χ3v) is 5.70. The molecule has 1 heterocycles. The normalized spacial score (nSPS) is 27.8. The van der Waals surface area contributed by atoms with Crippen molar-refractivity contribution in [2.45, 2.75) is 57.7 Å². The third-order valence-electron chi connectivity index (χ3n) is 4.88. The van der Waals surface area contributed by atoms with Gasteiger partial charge in [-0.25, -0.2) is 0 Å². The molecule has 114 valence electrons. The third kappa shape index (κ3) is 4.35. The van der Waals surface area contributed by atoms with Crippen LogP contribution in [0.25, 0.3) is 0 Å². The van der Waals surface area contributed by atoms with Crippen LogP contribution in [0.2, 0.25) is 0 Å². The molecule has 1 saturated heterocycles. The highest BCUT2D eigenvalue weighted by atomic mass is 32.2. The van der Waals surface area contributed by atoms with Crippen molar-refractivity contribution in [3.8, 4) is 0 Å². The van der Waals surface area contributed by atoms with Crippen molar-refractivity contribution in [1.82, 2.24) is 9.80 Å². The fourth-order valence-corrected chi connectivity index (χ4v) is 3.94. The Labute approximate surface area is 124 Å². The topological polar surface area (TPSA) is 32.5 Å². The molecule has 0 amide bonds. The molecule has 19 heavy (non-hydrogen) atoms. The van der Waals surface area contributed by atoms with Crippen LogP contribution in [0.4, 0.5) is 0 Å². The first-order valence-electron chi connectivity index (χ1n) is 7.63. The lowest BCUT2D eigenvalue weighted by Gasteiger charge is -2.44. The Morgan fingerprint density at radius 3 is 2.47 bits per heavy atom. The molecule has 1 rings (SSSR count). The predicted molar refractivity (Wildman–Crippen MR) is 88.0 cm³/mol. The second-order valence-electron chi connectivity index (χ2n) is 6.33. The summed E-state index contributed by atoms with van der Waals surface area (Å²) in [6, 6.07) is 1.26. The van der Waals surface area contributed by atoms with Crippen LogP contribution in [0, 0.1) is 0 Å². The zero-order valence-corrected chi connectivity index (χ0v) is 14.3. The van der Waals surface area contributed by atoms with Crippen molar-refractivity contribution in [3.05, 3.63) is 0 Å². The highest BCUT2D eigenvalue weighted by molar-refractivity contribution is 7.98. The lowest BCUT2D eigenvalue weighted by molar-refractivity contribution is 0.0771. The molecule has 0 spiro atoms. The molecule has 3 nitrogen and oxygen atoms in total. The molecule has 0 radical (unpaired) electrons. The molecular weight excluding hydrogens is 254 g/mol. The molecule has 0 bridgehead atoms. The summed E-state index contributed by atoms with van der Waals surface area (Å²) in [6.07, 6.45) is 5.90. The lowest BCUT2D eigenvalue weighted by Crippen LogP contribution is -2.56. The molecule has 0 aromatic heterocycles. The molecule has 2 unspecified atom stereocenters. The maximum Gasteiger partial charge on any atom is 0.0344 e. The van der Waals surface area contributed by atoms with Gasteiger partial charge in [-0.2, -0.15) is 11.8 Å². The van der Waals surface area contributed by atoms with Gasteiger partial charge in [0.1, 0.15) is 0 Å². The van der Waals surface area contributed by atoms with Crippen LogP contribution >= 0.6 is 11.8 Å². The van der Waals surface area contributed by atoms with Gasteiger partial charge in [-0.3, -0.25) is 4.90 Å². The van der Waals surface area contributed by atoms with E-state index in [9.17, 15) is 0 Å². The van der Waals surface area contributed by atoms with Crippen molar-refractivity contribution in [3.63, 3.8) is 0 Å². The van der Waals surface area contributed by atoms with Crippen molar-refractivity contribution in [2.24, 2.45) is 5.73 Å². The van der Waals surface area contributed by atoms with Gasteiger partial charge in [-0.05, 0) is 59.9 Å². The van der Waals surface area contributed by atoms with Gasteiger partial charge in [-0.15, -0.1) is 0 Å². The maximum atomic E-state index is 6.20. The fraction of sp³-hybridized carbons (Fsp3) is 1.00. The van der Waals surface area contributed by atoms with E-state index in [1.807, 2.05) is 11.8 Å². The fourth-order valence-electron chi connectivity index (χ4n) is 3.24. The van der Waals surface area contributed by atoms with Crippen molar-refractivity contribution in [2.75, 3.05) is 38.7 Å². The van der Waals surface area contributed by atoms with E-state index in [0.29, 0.717) is 12.1 Å². The van der Waals surface area contributed by atoms with E-state index in [-0.39, 0.29) is 5.54 Å². The minimum Gasteiger partial charge on any atom is -0.329 e. The van der Waals surface area contributed by atoms with Gasteiger partial charge in [-0.1, -0.05) is 0 Å². The van der Waals surface area contributed by atoms with Crippen LogP contribution in [0.15, 0.2) is 0 Å². The zero-order valence-electron chi connectivity index (χ0n) is 13.5. The number of likely N-dealkylation sites (N-methyl/N-ethyl adjacent to an activating group) is 1. The summed E-state index contributed by atoms with van der Waals surface area (Å²) < 4.78 is 0. The Morgan fingerprint density at radius 1 is 1.26 bits per heavy atom. The first-order valence-corrected chi connectivity index (χ1v) is 9.02. The SMILES string of the molecule is CSCC(C)N(C)C1(CN)CCCN(C(C)C)CC1. The Hall–Kier alpha value is 0.230. The number of thioether (sulfide) groups is 1. The Bertz CT molecular complexity index is 260. The van der Waals surface area contributed by atoms with Gasteiger partial charge in [0.15, 0.2) is 0 Å². The predicted octanol–water partition coefficient (Wildman–Crippen LogP) is 2.26. The van der Waals surface area contributed by atoms with Gasteiger partial charge in [0.25, 0.3) is 0 Å². The van der Waals surface area contributed by atoms with Gasteiger partial charge >= 0.3 is 0 Å². The smallest absolute Gasteiger partial charge is 0.0344 e. The van der Waals surface area contributed by atoms with Crippen LogP contribution in [0.3, 0.4) is 0 Å². The lowest BCUT2D eigenvalue weighted by atomic mass is 9.88. The van der Waals surface area contributed by atoms with Crippen LogP contribution < -0.4 is 5.73 Å². The molecule has 1 fully saturated rings. The van der Waals surface area contributed by atoms with E-state index in [0.717, 1.165) is 6.54 Å². The van der Waals surface area contributed by atoms with Crippen molar-refractivity contribution >= 4 is 11.8 Å². The minimum atomic E-state index is 0.207. The molecule has 0 aromatic rings. The Morgan fingerprint density at radius 2 is 1.95 bits per heavy atom. The number of rotatable bonds is 6. The highest BCUT2D eigenvalue weighted by Crippen LogP contribution is 2.30. The van der Waals surface area contributed by atoms with Gasteiger partial charge in [0.2, 0.25) is 0 Å². The zero-order chi connectivity index (χ0) is 14.5. The molecule has 1 aliphatic rings. The number of nitrogens with two attached hydrogens (primary N) is 1. The van der Waals surface area contributed by atoms with Crippen LogP contribution in [-0.2, 0) is 0 Å². The number of likely N-dealkylation sites (tertiary alicyclic amines) is 1. The molecule has 4 heteroatoms. The Balaban J connectivity index is 2.74. The van der Waals surface area contributed by atoms with E-state index in [1.165, 1.54) is 38.1 Å². The quantitative estimate of drug-likeness (QED) is 0.812. The summed E-state index contributed by atoms with van der Waals surface area (Å²) in [6.45, 7) is 10.1. The van der Waals surface area contributed by atoms with E-state index in [1.54, 1.807) is 0 Å². The monoisotopic (exact) mass is 287 g/mol. The second kappa shape index (κ2) is 7.87. The second-order valence-corrected chi connectivity index (χ2v) is 7.24. The molecule has 1 aliphatic heterocycles. The van der Waals surface area contributed by atoms with E-state index in [4.69, 9.17) is 5.73 Å². The molecule has 2 N–H and O–H groups in total. The highest BCUT2D eigenvalue weighted by Gasteiger charge is 2.37. The first-order chi connectivity index (χ1) is 8.96. The van der Waals surface area contributed by atoms with Crippen molar-refractivity contribution in [1.29, 1.82) is 0 Å². The van der Waals surface area contributed by atoms with Crippen LogP contribution in [-0.4, -0.2) is 66.1 Å². The molecule has 0 saturated carbocycles. The van der Waals surface area contributed by atoms with Crippen LogP contribution in [0.5, 0.6) is 0 Å². The molecular formula is C15H33N3S. The van der Waals surface area contributed by atoms with Gasteiger partial charge < -0.3 is 10.6 Å². The standard InChI is InChI=1S/C15H33N3S/c1-13(2)18-9-6-7-15(12-16,8-10-18)17(4)14(3)11-19-5/h13-14H,6-12,16H2,1-5H3. The Kier molecular flexibility index (Phi) is 7.15. The molecule has 0 aromatic carbocycles. The summed E-state index contributed by atoms with van der Waals surface area (Å²) in [4.78, 5) is 5.16. The van der Waals surface area contributed by atoms with Crippen molar-refractivity contribution < 1.29 is 0 Å². The summed E-state index contributed by atoms with van der Waals surface area (Å²) in [7, 11) is 2.28. The molecule has 0 aliphatic carbocycles. The average Bonchev–Trinajstić information content (AvgIpc) is 2.61. The summed E-state index contributed by atoms with van der Waals surface area (Å²) in [5, 5.41) is 0. The van der Waals surface area contributed by atoms with E-state index >= 15 is 0 Å². The summed E-state index contributed by atoms with van der Waals surface area (Å²) in [5.41, 5.74) is 6.40.